The highest BCUT2D eigenvalue weighted by molar-refractivity contribution is 7.99. The first-order valence-electron chi connectivity index (χ1n) is 9.23. The van der Waals surface area contributed by atoms with Crippen LogP contribution in [-0.4, -0.2) is 29.7 Å². The molecule has 6 nitrogen and oxygen atoms in total. The number of amidine groups is 1. The number of methoxy groups -OCH3 is 1. The molecule has 4 rings (SSSR count). The second-order valence-electron chi connectivity index (χ2n) is 6.73. The number of ether oxygens (including phenoxy) is 1. The highest BCUT2D eigenvalue weighted by atomic mass is 32.2. The molecule has 1 aliphatic heterocycles. The smallest absolute Gasteiger partial charge is 0.156 e. The molecule has 0 bridgehead atoms. The third kappa shape index (κ3) is 4.29. The van der Waals surface area contributed by atoms with Crippen molar-refractivity contribution in [1.82, 2.24) is 15.7 Å². The van der Waals surface area contributed by atoms with E-state index >= 15 is 0 Å². The number of benzene rings is 1. The molecule has 3 heterocycles. The summed E-state index contributed by atoms with van der Waals surface area (Å²) in [6.45, 7) is 6.59. The molecule has 1 aromatic carbocycles. The molecule has 150 valence electrons. The van der Waals surface area contributed by atoms with E-state index in [1.807, 2.05) is 38.1 Å². The van der Waals surface area contributed by atoms with Crippen molar-refractivity contribution in [1.29, 1.82) is 0 Å². The Morgan fingerprint density at radius 1 is 1.17 bits per heavy atom. The van der Waals surface area contributed by atoms with Gasteiger partial charge >= 0.3 is 0 Å². The molecule has 1 N–H and O–H groups in total. The second kappa shape index (κ2) is 8.52. The van der Waals surface area contributed by atoms with Gasteiger partial charge in [0.25, 0.3) is 0 Å². The van der Waals surface area contributed by atoms with Gasteiger partial charge in [0.2, 0.25) is 0 Å². The zero-order valence-corrected chi connectivity index (χ0v) is 18.4. The number of aryl methyl sites for hydroxylation is 2. The number of nitrogens with one attached hydrogen (secondary N) is 1. The van der Waals surface area contributed by atoms with Crippen molar-refractivity contribution in [2.24, 2.45) is 4.99 Å². The van der Waals surface area contributed by atoms with Gasteiger partial charge < -0.3 is 4.74 Å². The average Bonchev–Trinajstić information content (AvgIpc) is 3.17. The summed E-state index contributed by atoms with van der Waals surface area (Å²) in [6.07, 6.45) is 0. The third-order valence-corrected chi connectivity index (χ3v) is 6.77. The van der Waals surface area contributed by atoms with Crippen LogP contribution in [0.4, 0.5) is 0 Å². The molecule has 0 aliphatic carbocycles. The molecule has 0 radical (unpaired) electrons. The van der Waals surface area contributed by atoms with Crippen molar-refractivity contribution in [3.8, 4) is 5.75 Å². The van der Waals surface area contributed by atoms with Gasteiger partial charge in [-0.05, 0) is 56.7 Å². The highest BCUT2D eigenvalue weighted by Crippen LogP contribution is 2.34. The van der Waals surface area contributed by atoms with Crippen LogP contribution in [0.15, 0.2) is 51.3 Å². The molecule has 8 heteroatoms. The van der Waals surface area contributed by atoms with Crippen LogP contribution in [-0.2, 0) is 4.84 Å². The Labute approximate surface area is 178 Å². The second-order valence-corrected chi connectivity index (χ2v) is 9.11. The van der Waals surface area contributed by atoms with Gasteiger partial charge in [0.15, 0.2) is 5.84 Å². The summed E-state index contributed by atoms with van der Waals surface area (Å²) in [6, 6.07) is 12.1. The van der Waals surface area contributed by atoms with Gasteiger partial charge in [-0.2, -0.15) is 5.10 Å². The number of aromatic nitrogens is 2. The van der Waals surface area contributed by atoms with E-state index in [0.29, 0.717) is 12.4 Å². The molecule has 0 saturated heterocycles. The minimum Gasteiger partial charge on any atom is -0.497 e. The Kier molecular flexibility index (Phi) is 5.84. The van der Waals surface area contributed by atoms with E-state index in [1.165, 1.54) is 21.5 Å². The molecule has 0 saturated carbocycles. The summed E-state index contributed by atoms with van der Waals surface area (Å²) < 4.78 is 5.34. The average molecular weight is 427 g/mol. The lowest BCUT2D eigenvalue weighted by molar-refractivity contribution is 0.0627. The number of thiophene rings is 1. The van der Waals surface area contributed by atoms with E-state index in [-0.39, 0.29) is 6.04 Å². The fourth-order valence-corrected chi connectivity index (χ4v) is 4.89. The monoisotopic (exact) mass is 426 g/mol. The van der Waals surface area contributed by atoms with Crippen molar-refractivity contribution in [2.45, 2.75) is 36.7 Å². The zero-order chi connectivity index (χ0) is 20.4. The quantitative estimate of drug-likeness (QED) is 0.641. The summed E-state index contributed by atoms with van der Waals surface area (Å²) in [4.78, 5) is 14.1. The van der Waals surface area contributed by atoms with Crippen LogP contribution in [0.5, 0.6) is 5.75 Å². The van der Waals surface area contributed by atoms with Crippen LogP contribution < -0.4 is 10.2 Å². The van der Waals surface area contributed by atoms with E-state index in [2.05, 4.69) is 34.7 Å². The van der Waals surface area contributed by atoms with Gasteiger partial charge in [-0.25, -0.2) is 5.48 Å². The van der Waals surface area contributed by atoms with E-state index in [9.17, 15) is 0 Å². The summed E-state index contributed by atoms with van der Waals surface area (Å²) in [7, 11) is 1.66. The van der Waals surface area contributed by atoms with Crippen LogP contribution in [0.3, 0.4) is 0 Å². The van der Waals surface area contributed by atoms with Gasteiger partial charge in [-0.1, -0.05) is 17.8 Å². The molecule has 29 heavy (non-hydrogen) atoms. The fraction of sp³-hybridized carbons (Fsp3) is 0.286. The van der Waals surface area contributed by atoms with Crippen LogP contribution in [0.1, 0.15) is 32.6 Å². The molecular formula is C21H22N4O2S2. The molecule has 1 aliphatic rings. The van der Waals surface area contributed by atoms with E-state index in [0.717, 1.165) is 32.5 Å². The predicted octanol–water partition coefficient (Wildman–Crippen LogP) is 4.65. The Hall–Kier alpha value is -2.42. The Morgan fingerprint density at radius 2 is 2.03 bits per heavy atom. The van der Waals surface area contributed by atoms with Crippen molar-refractivity contribution in [2.75, 3.05) is 13.7 Å². The lowest BCUT2D eigenvalue weighted by atomic mass is 10.1. The Morgan fingerprint density at radius 3 is 2.79 bits per heavy atom. The van der Waals surface area contributed by atoms with E-state index in [4.69, 9.17) is 14.6 Å². The molecule has 2 aromatic heterocycles. The Balaban J connectivity index is 1.74. The van der Waals surface area contributed by atoms with Gasteiger partial charge in [0, 0.05) is 14.6 Å². The number of rotatable bonds is 5. The summed E-state index contributed by atoms with van der Waals surface area (Å²) in [5, 5.41) is 9.57. The maximum Gasteiger partial charge on any atom is 0.156 e. The first-order valence-corrected chi connectivity index (χ1v) is 10.9. The lowest BCUT2D eigenvalue weighted by Crippen LogP contribution is -2.33. The summed E-state index contributed by atoms with van der Waals surface area (Å²) in [5.74, 6) is 1.49. The van der Waals surface area contributed by atoms with Crippen LogP contribution >= 0.6 is 23.1 Å². The van der Waals surface area contributed by atoms with Crippen LogP contribution in [0, 0.1) is 20.8 Å². The Bertz CT molecular complexity index is 1060. The summed E-state index contributed by atoms with van der Waals surface area (Å²) >= 11 is 3.28. The minimum atomic E-state index is -0.0347. The highest BCUT2D eigenvalue weighted by Gasteiger charge is 2.24. The van der Waals surface area contributed by atoms with Gasteiger partial charge in [-0.3, -0.25) is 9.83 Å². The maximum absolute atomic E-state index is 5.70. The number of hydrogen-bond acceptors (Lipinski definition) is 8. The molecule has 3 aromatic rings. The first kappa shape index (κ1) is 19.9. The van der Waals surface area contributed by atoms with Gasteiger partial charge in [0.05, 0.1) is 18.4 Å². The van der Waals surface area contributed by atoms with Gasteiger partial charge in [-0.15, -0.1) is 16.4 Å². The standard InChI is InChI=1S/C21H22N4O2S2/c1-12-8-9-18(28-12)17-11-27-25-20(22-17)19-13(2)14(3)23-24-21(19)29-16-7-5-6-15(10-16)26-4/h5-10,17H,11H2,1-4H3,(H,22,25)/t17-/m0/s1. The minimum absolute atomic E-state index is 0.0347. The number of hydroxylamine groups is 1. The number of hydrogen-bond donors (Lipinski definition) is 1. The fourth-order valence-electron chi connectivity index (χ4n) is 3.02. The van der Waals surface area contributed by atoms with Gasteiger partial charge in [0.1, 0.15) is 23.4 Å². The maximum atomic E-state index is 5.70. The SMILES string of the molecule is COc1cccc(Sc2nnc(C)c(C)c2C2=N[C@H](c3ccc(C)s3)CON2)c1. The number of nitrogens with zero attached hydrogens (tertiary/aromatic N) is 3. The molecule has 1 atom stereocenters. The molecule has 0 spiro atoms. The first-order chi connectivity index (χ1) is 14.0. The summed E-state index contributed by atoms with van der Waals surface area (Å²) in [5.41, 5.74) is 5.83. The van der Waals surface area contributed by atoms with Crippen molar-refractivity contribution < 1.29 is 9.57 Å². The molecule has 0 unspecified atom stereocenters. The largest absolute Gasteiger partial charge is 0.497 e. The predicted molar refractivity (Wildman–Crippen MR) is 116 cm³/mol. The third-order valence-electron chi connectivity index (χ3n) is 4.70. The van der Waals surface area contributed by atoms with Crippen molar-refractivity contribution in [3.63, 3.8) is 0 Å². The molecule has 0 amide bonds. The number of aliphatic imine (C=N–C) groups is 1. The normalized spacial score (nSPS) is 16.3. The lowest BCUT2D eigenvalue weighted by Gasteiger charge is -2.23. The van der Waals surface area contributed by atoms with Crippen LogP contribution in [0.25, 0.3) is 0 Å². The van der Waals surface area contributed by atoms with Crippen molar-refractivity contribution in [3.05, 3.63) is 63.0 Å². The van der Waals surface area contributed by atoms with E-state index < -0.39 is 0 Å². The van der Waals surface area contributed by atoms with Crippen molar-refractivity contribution >= 4 is 28.9 Å². The van der Waals surface area contributed by atoms with Crippen LogP contribution in [0.2, 0.25) is 0 Å². The topological polar surface area (TPSA) is 68.6 Å². The van der Waals surface area contributed by atoms with E-state index in [1.54, 1.807) is 18.4 Å². The molecule has 0 fully saturated rings. The zero-order valence-electron chi connectivity index (χ0n) is 16.7. The molecular weight excluding hydrogens is 404 g/mol.